The number of rotatable bonds is 5. The van der Waals surface area contributed by atoms with Gasteiger partial charge < -0.3 is 15.1 Å². The molecule has 0 saturated carbocycles. The van der Waals surface area contributed by atoms with Crippen LogP contribution in [0.1, 0.15) is 16.1 Å². The molecule has 8 heteroatoms. The molecule has 26 heavy (non-hydrogen) atoms. The summed E-state index contributed by atoms with van der Waals surface area (Å²) >= 11 is 12.0. The van der Waals surface area contributed by atoms with Crippen molar-refractivity contribution in [3.63, 3.8) is 0 Å². The minimum Gasteiger partial charge on any atom is -0.350 e. The van der Waals surface area contributed by atoms with Gasteiger partial charge in [-0.1, -0.05) is 29.3 Å². The molecule has 1 aromatic carbocycles. The Balaban J connectivity index is 1.57. The van der Waals surface area contributed by atoms with E-state index in [2.05, 4.69) is 32.1 Å². The summed E-state index contributed by atoms with van der Waals surface area (Å²) in [6.45, 7) is 4.10. The van der Waals surface area contributed by atoms with Crippen molar-refractivity contribution in [3.05, 3.63) is 51.8 Å². The second-order valence-electron chi connectivity index (χ2n) is 6.27. The van der Waals surface area contributed by atoms with Gasteiger partial charge in [0.2, 0.25) is 5.95 Å². The number of nitrogens with one attached hydrogen (secondary N) is 1. The molecule has 0 radical (unpaired) electrons. The lowest BCUT2D eigenvalue weighted by atomic mass is 10.1. The molecule has 0 bridgehead atoms. The zero-order chi connectivity index (χ0) is 18.5. The molecule has 1 N–H and O–H groups in total. The van der Waals surface area contributed by atoms with E-state index in [-0.39, 0.29) is 5.91 Å². The first-order valence-corrected chi connectivity index (χ1v) is 9.27. The molecule has 6 nitrogen and oxygen atoms in total. The lowest BCUT2D eigenvalue weighted by Crippen LogP contribution is -2.45. The number of benzene rings is 1. The minimum atomic E-state index is -0.215. The number of piperazine rings is 1. The van der Waals surface area contributed by atoms with E-state index in [1.54, 1.807) is 24.4 Å². The number of carbonyl (C=O) groups is 1. The van der Waals surface area contributed by atoms with Crippen LogP contribution in [-0.2, 0) is 6.42 Å². The van der Waals surface area contributed by atoms with Gasteiger partial charge in [-0.15, -0.1) is 0 Å². The summed E-state index contributed by atoms with van der Waals surface area (Å²) in [5.74, 6) is 0.388. The van der Waals surface area contributed by atoms with Gasteiger partial charge in [0.05, 0.1) is 0 Å². The average molecular weight is 394 g/mol. The van der Waals surface area contributed by atoms with E-state index < -0.39 is 0 Å². The van der Waals surface area contributed by atoms with Crippen molar-refractivity contribution in [1.82, 2.24) is 20.2 Å². The highest BCUT2D eigenvalue weighted by molar-refractivity contribution is 6.35. The van der Waals surface area contributed by atoms with Crippen LogP contribution in [0.4, 0.5) is 5.95 Å². The van der Waals surface area contributed by atoms with Gasteiger partial charge in [-0.05, 0) is 37.2 Å². The van der Waals surface area contributed by atoms with Gasteiger partial charge in [0.15, 0.2) is 0 Å². The highest BCUT2D eigenvalue weighted by atomic mass is 35.5. The van der Waals surface area contributed by atoms with Gasteiger partial charge in [-0.2, -0.15) is 0 Å². The Morgan fingerprint density at radius 3 is 2.69 bits per heavy atom. The lowest BCUT2D eigenvalue weighted by molar-refractivity contribution is 0.0949. The van der Waals surface area contributed by atoms with Crippen molar-refractivity contribution in [3.8, 4) is 0 Å². The topological polar surface area (TPSA) is 61.4 Å². The molecule has 2 aromatic rings. The van der Waals surface area contributed by atoms with Crippen LogP contribution in [0, 0.1) is 0 Å². The Morgan fingerprint density at radius 2 is 1.96 bits per heavy atom. The third kappa shape index (κ3) is 4.84. The second kappa shape index (κ2) is 8.66. The Morgan fingerprint density at radius 1 is 1.19 bits per heavy atom. The van der Waals surface area contributed by atoms with Crippen molar-refractivity contribution in [2.45, 2.75) is 6.42 Å². The predicted molar refractivity (Wildman–Crippen MR) is 104 cm³/mol. The molecule has 0 spiro atoms. The van der Waals surface area contributed by atoms with Gasteiger partial charge in [0, 0.05) is 49.0 Å². The number of aromatic nitrogens is 2. The fraction of sp³-hybridized carbons (Fsp3) is 0.389. The van der Waals surface area contributed by atoms with E-state index in [0.717, 1.165) is 31.7 Å². The summed E-state index contributed by atoms with van der Waals surface area (Å²) in [5, 5.41) is 4.08. The third-order valence-corrected chi connectivity index (χ3v) is 4.94. The largest absolute Gasteiger partial charge is 0.350 e. The monoisotopic (exact) mass is 393 g/mol. The first kappa shape index (κ1) is 18.9. The van der Waals surface area contributed by atoms with Crippen LogP contribution < -0.4 is 10.2 Å². The minimum absolute atomic E-state index is 0.215. The second-order valence-corrected chi connectivity index (χ2v) is 7.12. The molecule has 0 unspecified atom stereocenters. The molecule has 0 atom stereocenters. The molecule has 1 aromatic heterocycles. The van der Waals surface area contributed by atoms with E-state index in [0.29, 0.717) is 34.7 Å². The maximum absolute atomic E-state index is 12.4. The van der Waals surface area contributed by atoms with Crippen LogP contribution in [0.25, 0.3) is 0 Å². The van der Waals surface area contributed by atoms with Gasteiger partial charge in [-0.25, -0.2) is 9.97 Å². The van der Waals surface area contributed by atoms with Crippen molar-refractivity contribution >= 4 is 35.1 Å². The fourth-order valence-electron chi connectivity index (χ4n) is 2.76. The first-order valence-electron chi connectivity index (χ1n) is 8.51. The van der Waals surface area contributed by atoms with Crippen LogP contribution in [0.15, 0.2) is 30.5 Å². The fourth-order valence-corrected chi connectivity index (χ4v) is 3.26. The standard InChI is InChI=1S/C18H21Cl2N5O/c1-24-8-10-25(11-9-24)18-22-7-5-16(23-18)17(26)21-6-4-13-2-3-14(19)12-15(13)20/h2-3,5,7,12H,4,6,8-11H2,1H3,(H,21,26). The van der Waals surface area contributed by atoms with Gasteiger partial charge in [-0.3, -0.25) is 4.79 Å². The van der Waals surface area contributed by atoms with Gasteiger partial charge in [0.1, 0.15) is 5.69 Å². The number of halogens is 2. The summed E-state index contributed by atoms with van der Waals surface area (Å²) in [6, 6.07) is 6.99. The van der Waals surface area contributed by atoms with Gasteiger partial charge in [0.25, 0.3) is 5.91 Å². The Hall–Kier alpha value is -1.89. The highest BCUT2D eigenvalue weighted by Crippen LogP contribution is 2.21. The quantitative estimate of drug-likeness (QED) is 0.845. The summed E-state index contributed by atoms with van der Waals surface area (Å²) in [6.07, 6.45) is 2.25. The van der Waals surface area contributed by atoms with E-state index in [1.807, 2.05) is 6.07 Å². The smallest absolute Gasteiger partial charge is 0.270 e. The van der Waals surface area contributed by atoms with Crippen molar-refractivity contribution < 1.29 is 4.79 Å². The maximum Gasteiger partial charge on any atom is 0.270 e. The van der Waals surface area contributed by atoms with Crippen LogP contribution in [0.2, 0.25) is 10.0 Å². The van der Waals surface area contributed by atoms with Crippen LogP contribution >= 0.6 is 23.2 Å². The Bertz CT molecular complexity index is 778. The molecule has 2 heterocycles. The van der Waals surface area contributed by atoms with Crippen LogP contribution in [0.5, 0.6) is 0 Å². The van der Waals surface area contributed by atoms with Crippen molar-refractivity contribution in [1.29, 1.82) is 0 Å². The van der Waals surface area contributed by atoms with E-state index in [1.165, 1.54) is 0 Å². The highest BCUT2D eigenvalue weighted by Gasteiger charge is 2.18. The molecular formula is C18H21Cl2N5O. The molecule has 3 rings (SSSR count). The summed E-state index contributed by atoms with van der Waals surface area (Å²) in [5.41, 5.74) is 1.31. The number of likely N-dealkylation sites (N-methyl/N-ethyl adjacent to an activating group) is 1. The van der Waals surface area contributed by atoms with E-state index >= 15 is 0 Å². The van der Waals surface area contributed by atoms with Crippen LogP contribution in [-0.4, -0.2) is 60.5 Å². The average Bonchev–Trinajstić information content (AvgIpc) is 2.64. The summed E-state index contributed by atoms with van der Waals surface area (Å²) in [4.78, 5) is 25.5. The normalized spacial score (nSPS) is 15.1. The Labute approximate surface area is 163 Å². The predicted octanol–water partition coefficient (Wildman–Crippen LogP) is 2.51. The molecule has 1 saturated heterocycles. The molecule has 1 fully saturated rings. The van der Waals surface area contributed by atoms with E-state index in [9.17, 15) is 4.79 Å². The first-order chi connectivity index (χ1) is 12.5. The summed E-state index contributed by atoms with van der Waals surface area (Å²) < 4.78 is 0. The third-order valence-electron chi connectivity index (χ3n) is 4.36. The molecule has 0 aliphatic carbocycles. The summed E-state index contributed by atoms with van der Waals surface area (Å²) in [7, 11) is 2.09. The number of amides is 1. The zero-order valence-electron chi connectivity index (χ0n) is 14.6. The molecule has 138 valence electrons. The van der Waals surface area contributed by atoms with Gasteiger partial charge >= 0.3 is 0 Å². The molecule has 1 amide bonds. The number of hydrogen-bond acceptors (Lipinski definition) is 5. The number of carbonyl (C=O) groups excluding carboxylic acids is 1. The van der Waals surface area contributed by atoms with Crippen LogP contribution in [0.3, 0.4) is 0 Å². The van der Waals surface area contributed by atoms with Crippen molar-refractivity contribution in [2.24, 2.45) is 0 Å². The lowest BCUT2D eigenvalue weighted by Gasteiger charge is -2.32. The number of hydrogen-bond donors (Lipinski definition) is 1. The Kier molecular flexibility index (Phi) is 6.29. The van der Waals surface area contributed by atoms with E-state index in [4.69, 9.17) is 23.2 Å². The number of nitrogens with zero attached hydrogens (tertiary/aromatic N) is 4. The van der Waals surface area contributed by atoms with Crippen molar-refractivity contribution in [2.75, 3.05) is 44.7 Å². The molecular weight excluding hydrogens is 373 g/mol. The number of anilines is 1. The zero-order valence-corrected chi connectivity index (χ0v) is 16.1. The SMILES string of the molecule is CN1CCN(c2nccc(C(=O)NCCc3ccc(Cl)cc3Cl)n2)CC1. The molecule has 1 aliphatic rings. The maximum atomic E-state index is 12.4. The molecule has 1 aliphatic heterocycles.